The molecule has 0 spiro atoms. The van der Waals surface area contributed by atoms with Crippen LogP contribution >= 0.6 is 11.3 Å². The van der Waals surface area contributed by atoms with Crippen LogP contribution in [0.5, 0.6) is 0 Å². The lowest BCUT2D eigenvalue weighted by Gasteiger charge is -2.42. The highest BCUT2D eigenvalue weighted by Gasteiger charge is 2.40. The summed E-state index contributed by atoms with van der Waals surface area (Å²) < 4.78 is 9.86. The lowest BCUT2D eigenvalue weighted by Crippen LogP contribution is -2.54. The van der Waals surface area contributed by atoms with E-state index in [2.05, 4.69) is 44.4 Å². The fraction of sp³-hybridized carbons (Fsp3) is 0.421. The van der Waals surface area contributed by atoms with Crippen molar-refractivity contribution >= 4 is 28.2 Å². The third-order valence-electron chi connectivity index (χ3n) is 4.27. The number of anilines is 1. The van der Waals surface area contributed by atoms with Gasteiger partial charge in [-0.1, -0.05) is 0 Å². The zero-order valence-corrected chi connectivity index (χ0v) is 16.5. The maximum atomic E-state index is 12.2. The molecule has 0 unspecified atom stereocenters. The number of ether oxygens (including phenoxy) is 1. The van der Waals surface area contributed by atoms with Crippen molar-refractivity contribution in [2.24, 2.45) is 0 Å². The number of carbonyl (C=O) groups is 2. The first-order chi connectivity index (χ1) is 12.6. The Balaban J connectivity index is 1.76. The molecule has 2 aromatic rings. The van der Waals surface area contributed by atoms with Crippen LogP contribution in [0.1, 0.15) is 54.3 Å². The number of nitriles is 1. The van der Waals surface area contributed by atoms with Gasteiger partial charge in [0.15, 0.2) is 6.61 Å². The van der Waals surface area contributed by atoms with E-state index >= 15 is 0 Å². The van der Waals surface area contributed by atoms with E-state index in [1.54, 1.807) is 6.07 Å². The third-order valence-corrected chi connectivity index (χ3v) is 5.74. The predicted molar refractivity (Wildman–Crippen MR) is 101 cm³/mol. The number of esters is 1. The average Bonchev–Trinajstić information content (AvgIpc) is 3.19. The molecule has 0 fully saturated rings. The number of carbonyl (C=O) groups excluding carboxylic acids is 2. The van der Waals surface area contributed by atoms with Gasteiger partial charge in [-0.25, -0.2) is 4.79 Å². The third kappa shape index (κ3) is 3.89. The Bertz CT molecular complexity index is 920. The van der Waals surface area contributed by atoms with Crippen LogP contribution in [0.2, 0.25) is 0 Å². The molecule has 2 aromatic heterocycles. The van der Waals surface area contributed by atoms with Crippen LogP contribution in [-0.2, 0) is 21.5 Å². The Morgan fingerprint density at radius 1 is 1.41 bits per heavy atom. The Hall–Kier alpha value is -2.63. The number of hydrogen-bond donors (Lipinski definition) is 2. The molecule has 1 aliphatic heterocycles. The summed E-state index contributed by atoms with van der Waals surface area (Å²) in [5.41, 5.74) is 0.952. The van der Waals surface area contributed by atoms with E-state index in [0.29, 0.717) is 17.0 Å². The van der Waals surface area contributed by atoms with E-state index in [1.165, 1.54) is 23.7 Å². The Labute approximate surface area is 161 Å². The number of nitrogens with one attached hydrogen (secondary N) is 2. The smallest absolute Gasteiger partial charge is 0.374 e. The molecule has 3 heterocycles. The molecule has 0 aromatic carbocycles. The van der Waals surface area contributed by atoms with Crippen LogP contribution < -0.4 is 10.6 Å². The van der Waals surface area contributed by atoms with E-state index in [1.807, 2.05) is 0 Å². The summed E-state index contributed by atoms with van der Waals surface area (Å²) in [6.07, 6.45) is 2.04. The number of rotatable bonds is 4. The second kappa shape index (κ2) is 6.83. The zero-order valence-electron chi connectivity index (χ0n) is 15.6. The van der Waals surface area contributed by atoms with Crippen LogP contribution in [0.4, 0.5) is 5.00 Å². The van der Waals surface area contributed by atoms with E-state index in [0.717, 1.165) is 10.4 Å². The molecule has 0 bridgehead atoms. The lowest BCUT2D eigenvalue weighted by atomic mass is 9.81. The molecule has 8 heteroatoms. The standard InChI is InChI=1S/C19H21N3O4S/c1-18(2)8-11-12(9-20)16(27-15(11)19(3,4)22-18)21-14(23)10-26-17(24)13-6-5-7-25-13/h5-7,22H,8,10H2,1-4H3,(H,21,23). The predicted octanol–water partition coefficient (Wildman–Crippen LogP) is 3.17. The summed E-state index contributed by atoms with van der Waals surface area (Å²) >= 11 is 1.38. The van der Waals surface area contributed by atoms with Gasteiger partial charge >= 0.3 is 5.97 Å². The van der Waals surface area contributed by atoms with Crippen molar-refractivity contribution in [3.63, 3.8) is 0 Å². The summed E-state index contributed by atoms with van der Waals surface area (Å²) in [6, 6.07) is 5.23. The van der Waals surface area contributed by atoms with Crippen molar-refractivity contribution in [2.45, 2.75) is 45.2 Å². The second-order valence-corrected chi connectivity index (χ2v) is 8.66. The van der Waals surface area contributed by atoms with E-state index in [9.17, 15) is 14.9 Å². The molecule has 27 heavy (non-hydrogen) atoms. The average molecular weight is 387 g/mol. The van der Waals surface area contributed by atoms with E-state index in [4.69, 9.17) is 9.15 Å². The summed E-state index contributed by atoms with van der Waals surface area (Å²) in [5, 5.41) is 16.4. The Morgan fingerprint density at radius 2 is 2.15 bits per heavy atom. The van der Waals surface area contributed by atoms with Gasteiger partial charge in [0.2, 0.25) is 5.76 Å². The fourth-order valence-electron chi connectivity index (χ4n) is 3.49. The minimum Gasteiger partial charge on any atom is -0.457 e. The minimum absolute atomic E-state index is 0.0298. The van der Waals surface area contributed by atoms with E-state index < -0.39 is 18.5 Å². The monoisotopic (exact) mass is 387 g/mol. The molecule has 0 saturated heterocycles. The molecule has 0 saturated carbocycles. The van der Waals surface area contributed by atoms with Gasteiger partial charge in [0.25, 0.3) is 5.91 Å². The zero-order chi connectivity index (χ0) is 19.8. The molecular weight excluding hydrogens is 366 g/mol. The molecule has 1 aliphatic rings. The van der Waals surface area contributed by atoms with Crippen LogP contribution in [0.3, 0.4) is 0 Å². The molecule has 0 radical (unpaired) electrons. The van der Waals surface area contributed by atoms with Gasteiger partial charge in [0.1, 0.15) is 11.1 Å². The summed E-state index contributed by atoms with van der Waals surface area (Å²) in [6.45, 7) is 7.83. The summed E-state index contributed by atoms with van der Waals surface area (Å²) in [7, 11) is 0. The number of hydrogen-bond acceptors (Lipinski definition) is 7. The van der Waals surface area contributed by atoms with Gasteiger partial charge in [-0.2, -0.15) is 5.26 Å². The molecule has 1 amide bonds. The van der Waals surface area contributed by atoms with Crippen molar-refractivity contribution in [2.75, 3.05) is 11.9 Å². The van der Waals surface area contributed by atoms with Crippen molar-refractivity contribution < 1.29 is 18.7 Å². The van der Waals surface area contributed by atoms with Crippen molar-refractivity contribution in [1.29, 1.82) is 5.26 Å². The topological polar surface area (TPSA) is 104 Å². The molecule has 0 aliphatic carbocycles. The number of nitrogens with zero attached hydrogens (tertiary/aromatic N) is 1. The SMILES string of the molecule is CC1(C)Cc2c(sc(NC(=O)COC(=O)c3ccco3)c2C#N)C(C)(C)N1. The highest BCUT2D eigenvalue weighted by molar-refractivity contribution is 7.17. The normalized spacial score (nSPS) is 16.9. The van der Waals surface area contributed by atoms with Gasteiger partial charge in [-0.15, -0.1) is 11.3 Å². The summed E-state index contributed by atoms with van der Waals surface area (Å²) in [5.74, 6) is -1.19. The maximum Gasteiger partial charge on any atom is 0.374 e. The van der Waals surface area contributed by atoms with Crippen LogP contribution in [0.25, 0.3) is 0 Å². The highest BCUT2D eigenvalue weighted by Crippen LogP contribution is 2.44. The first-order valence-electron chi connectivity index (χ1n) is 8.49. The Kier molecular flexibility index (Phi) is 4.84. The number of amides is 1. The second-order valence-electron chi connectivity index (χ2n) is 7.64. The number of furan rings is 1. The van der Waals surface area contributed by atoms with Gasteiger partial charge in [-0.05, 0) is 51.8 Å². The van der Waals surface area contributed by atoms with Crippen LogP contribution in [-0.4, -0.2) is 24.0 Å². The molecule has 2 N–H and O–H groups in total. The number of thiophene rings is 1. The molecule has 0 atom stereocenters. The summed E-state index contributed by atoms with van der Waals surface area (Å²) in [4.78, 5) is 25.0. The molecule has 7 nitrogen and oxygen atoms in total. The lowest BCUT2D eigenvalue weighted by molar-refractivity contribution is -0.119. The first-order valence-corrected chi connectivity index (χ1v) is 9.31. The molecule has 3 rings (SSSR count). The molecular formula is C19H21N3O4S. The number of fused-ring (bicyclic) bond motifs is 1. The first kappa shape index (κ1) is 19.1. The van der Waals surface area contributed by atoms with Gasteiger partial charge in [-0.3, -0.25) is 4.79 Å². The van der Waals surface area contributed by atoms with Crippen molar-refractivity contribution in [3.05, 3.63) is 40.2 Å². The van der Waals surface area contributed by atoms with Gasteiger partial charge in [0.05, 0.1) is 11.8 Å². The molecule has 142 valence electrons. The van der Waals surface area contributed by atoms with Crippen molar-refractivity contribution in [3.8, 4) is 6.07 Å². The van der Waals surface area contributed by atoms with E-state index in [-0.39, 0.29) is 16.8 Å². The van der Waals surface area contributed by atoms with Crippen LogP contribution in [0, 0.1) is 11.3 Å². The highest BCUT2D eigenvalue weighted by atomic mass is 32.1. The quantitative estimate of drug-likeness (QED) is 0.781. The minimum atomic E-state index is -0.715. The largest absolute Gasteiger partial charge is 0.457 e. The Morgan fingerprint density at radius 3 is 2.78 bits per heavy atom. The van der Waals surface area contributed by atoms with Gasteiger partial charge < -0.3 is 19.8 Å². The van der Waals surface area contributed by atoms with Crippen LogP contribution in [0.15, 0.2) is 22.8 Å². The fourth-order valence-corrected chi connectivity index (χ4v) is 4.74. The van der Waals surface area contributed by atoms with Gasteiger partial charge in [0, 0.05) is 16.0 Å². The van der Waals surface area contributed by atoms with Crippen molar-refractivity contribution in [1.82, 2.24) is 5.32 Å². The maximum absolute atomic E-state index is 12.2.